The first-order chi connectivity index (χ1) is 73.2. The van der Waals surface area contributed by atoms with Gasteiger partial charge in [-0.15, -0.1) is 0 Å². The largest absolute Gasteiger partial charge is 0.488 e. The lowest BCUT2D eigenvalue weighted by atomic mass is 9.70. The summed E-state index contributed by atoms with van der Waals surface area (Å²) in [6.07, 6.45) is 0. The normalized spacial score (nSPS) is 12.1. The Balaban J connectivity index is 0.000000111. The van der Waals surface area contributed by atoms with Crippen LogP contribution in [-0.2, 0) is 10.8 Å². The summed E-state index contributed by atoms with van der Waals surface area (Å²) >= 11 is 15.3. The molecule has 4 N–H and O–H groups in total. The van der Waals surface area contributed by atoms with Gasteiger partial charge in [-0.2, -0.15) is 0 Å². The zero-order valence-electron chi connectivity index (χ0n) is 80.5. The minimum Gasteiger partial charge on any atom is -0.423 e. The summed E-state index contributed by atoms with van der Waals surface area (Å²) in [5, 5.41) is 38.0. The Hall–Kier alpha value is -17.3. The summed E-state index contributed by atoms with van der Waals surface area (Å²) in [4.78, 5) is 29.6. The van der Waals surface area contributed by atoms with Crippen molar-refractivity contribution in [3.05, 3.63) is 587 Å². The van der Waals surface area contributed by atoms with Crippen molar-refractivity contribution in [1.82, 2.24) is 29.9 Å². The van der Waals surface area contributed by atoms with E-state index in [1.54, 1.807) is 18.2 Å². The van der Waals surface area contributed by atoms with E-state index in [4.69, 9.17) is 63.2 Å². The van der Waals surface area contributed by atoms with Gasteiger partial charge in [0.05, 0.1) is 45.0 Å². The van der Waals surface area contributed by atoms with E-state index in [1.165, 1.54) is 95.1 Å². The van der Waals surface area contributed by atoms with Gasteiger partial charge in [0.1, 0.15) is 0 Å². The molecule has 2 spiro atoms. The number of fused-ring (bicyclic) bond motifs is 20. The third-order valence-corrected chi connectivity index (χ3v) is 29.0. The van der Waals surface area contributed by atoms with Crippen LogP contribution in [0.15, 0.2) is 532 Å². The molecule has 23 aromatic rings. The molecule has 0 saturated heterocycles. The quantitative estimate of drug-likeness (QED) is 0.0773. The highest BCUT2D eigenvalue weighted by atomic mass is 79.9. The maximum absolute atomic E-state index is 9.73. The van der Waals surface area contributed by atoms with Crippen molar-refractivity contribution in [3.63, 3.8) is 0 Å². The molecule has 4 aliphatic carbocycles. The molecule has 0 fully saturated rings. The molecule has 0 saturated carbocycles. The van der Waals surface area contributed by atoms with Gasteiger partial charge in [-0.1, -0.05) is 488 Å². The molecule has 10 nitrogen and oxygen atoms in total. The fraction of sp³-hybridized carbons (Fsp3) is 0.0149. The second-order valence-corrected chi connectivity index (χ2v) is 38.8. The number of benzene rings is 20. The summed E-state index contributed by atoms with van der Waals surface area (Å²) < 4.78 is 1.01. The molecule has 27 rings (SSSR count). The fourth-order valence-corrected chi connectivity index (χ4v) is 22.1. The summed E-state index contributed by atoms with van der Waals surface area (Å²) in [6.45, 7) is 0. The Morgan fingerprint density at radius 3 is 0.691 bits per heavy atom. The molecule has 0 unspecified atom stereocenters. The molecule has 0 bridgehead atoms. The molecule has 0 aliphatic heterocycles. The second-order valence-electron chi connectivity index (χ2n) is 37.0. The van der Waals surface area contributed by atoms with Gasteiger partial charge in [0.2, 0.25) is 0 Å². The van der Waals surface area contributed by atoms with Crippen LogP contribution in [0.4, 0.5) is 0 Å². The maximum Gasteiger partial charge on any atom is 0.488 e. The lowest BCUT2D eigenvalue weighted by Gasteiger charge is -2.30. The number of rotatable bonds is 14. The number of halogens is 3. The standard InChI is InChI=1S/C53H34N2.C28H19ClN2.C25H17BO2.C22H15BrN2.C6H6BClO2/c1-3-15-35(16-4-1)50-34-51(36-17-5-2-6-18-36)55-52(54-50)41-22-14-21-39(32-41)37-19-13-20-38(31-37)40-29-30-49-45(33-40)44-25-9-12-28-48(44)53(49)46-26-10-7-23-42(46)43-24-8-11-27-47(43)53;29-25-16-8-14-23(18-25)22-13-7-15-24(17-22)28-30-26(20-9-3-1-4-10-20)19-27(31-28)21-11-5-2-6-12-21;27-26(28)16-13-14-24-20(15-16)19-9-3-6-12-23(19)25(24)21-10-4-1-7-17(21)18-8-2-5-11-22(18)25;23-19-13-7-12-18(14-19)22-24-20(16-8-3-1-4-9-16)15-21(25-22)17-10-5-2-6-11-17;8-6-3-1-2-5(4-6)7(9)10/h1-34H;1-19H;1-15,27-28H;1-15H;1-4,9-10H. The van der Waals surface area contributed by atoms with Gasteiger partial charge in [-0.3, -0.25) is 0 Å². The summed E-state index contributed by atoms with van der Waals surface area (Å²) in [6, 6.07) is 182. The van der Waals surface area contributed by atoms with Crippen LogP contribution in [0.25, 0.3) is 180 Å². The molecule has 0 radical (unpaired) electrons. The Morgan fingerprint density at radius 2 is 0.389 bits per heavy atom. The van der Waals surface area contributed by atoms with Gasteiger partial charge < -0.3 is 20.1 Å². The molecule has 149 heavy (non-hydrogen) atoms. The van der Waals surface area contributed by atoms with E-state index in [0.29, 0.717) is 27.6 Å². The van der Waals surface area contributed by atoms with E-state index in [0.717, 1.165) is 133 Å². The molecular weight excluding hydrogens is 1930 g/mol. The number of nitrogens with zero attached hydrogens (tertiary/aromatic N) is 6. The third-order valence-electron chi connectivity index (χ3n) is 28.1. The van der Waals surface area contributed by atoms with Gasteiger partial charge in [0.15, 0.2) is 17.5 Å². The van der Waals surface area contributed by atoms with Crippen molar-refractivity contribution in [1.29, 1.82) is 0 Å². The molecule has 3 heterocycles. The Kier molecular flexibility index (Phi) is 26.8. The minimum atomic E-state index is -1.47. The topological polar surface area (TPSA) is 158 Å². The highest BCUT2D eigenvalue weighted by Crippen LogP contribution is 2.65. The summed E-state index contributed by atoms with van der Waals surface area (Å²) in [7, 11) is -2.91. The predicted octanol–water partition coefficient (Wildman–Crippen LogP) is 30.9. The average Bonchev–Trinajstić information content (AvgIpc) is 1.51. The maximum atomic E-state index is 9.73. The van der Waals surface area contributed by atoms with E-state index in [9.17, 15) is 10.0 Å². The molecule has 708 valence electrons. The summed E-state index contributed by atoms with van der Waals surface area (Å²) in [5.74, 6) is 2.13. The van der Waals surface area contributed by atoms with Crippen LogP contribution in [0.1, 0.15) is 44.5 Å². The van der Waals surface area contributed by atoms with Crippen molar-refractivity contribution in [2.24, 2.45) is 0 Å². The molecule has 0 atom stereocenters. The number of aromatic nitrogens is 6. The van der Waals surface area contributed by atoms with Crippen molar-refractivity contribution >= 4 is 64.3 Å². The molecule has 3 aromatic heterocycles. The highest BCUT2D eigenvalue weighted by molar-refractivity contribution is 9.10. The number of hydrogen-bond donors (Lipinski definition) is 4. The Labute approximate surface area is 884 Å². The number of hydrogen-bond acceptors (Lipinski definition) is 10. The first-order valence-corrected chi connectivity index (χ1v) is 51.0. The van der Waals surface area contributed by atoms with Crippen molar-refractivity contribution < 1.29 is 20.1 Å². The highest BCUT2D eigenvalue weighted by Gasteiger charge is 2.53. The minimum absolute atomic E-state index is 0.333. The van der Waals surface area contributed by atoms with Crippen LogP contribution in [0.5, 0.6) is 0 Å². The predicted molar refractivity (Wildman–Crippen MR) is 614 cm³/mol. The smallest absolute Gasteiger partial charge is 0.423 e. The monoisotopic (exact) mass is 2020 g/mol. The fourth-order valence-electron chi connectivity index (χ4n) is 21.3. The Morgan fingerprint density at radius 1 is 0.168 bits per heavy atom. The third kappa shape index (κ3) is 18.9. The van der Waals surface area contributed by atoms with Gasteiger partial charge >= 0.3 is 14.2 Å². The van der Waals surface area contributed by atoms with Crippen molar-refractivity contribution in [2.75, 3.05) is 0 Å². The SMILES string of the molecule is Brc1cccc(-c2nc(-c3ccccc3)cc(-c3ccccc3)n2)c1.Clc1cccc(-c2cccc(-c3nc(-c4ccccc4)cc(-c4ccccc4)n3)c2)c1.OB(O)c1ccc2c(c1)-c1ccccc1C21c2ccccc2-c2ccccc21.OB(O)c1cccc(Cl)c1.c1ccc(-c2cc(-c3ccccc3)nc(-c3cccc(-c4cccc(-c5ccc6c(c5)-c5ccccc5C65c6ccccc6-c6ccccc65)c4)c3)n2)cc1. The zero-order valence-corrected chi connectivity index (χ0v) is 83.6. The van der Waals surface area contributed by atoms with Gasteiger partial charge in [0.25, 0.3) is 0 Å². The zero-order chi connectivity index (χ0) is 101. The van der Waals surface area contributed by atoms with E-state index in [2.05, 4.69) is 362 Å². The van der Waals surface area contributed by atoms with Crippen LogP contribution >= 0.6 is 39.1 Å². The van der Waals surface area contributed by atoms with Gasteiger partial charge in [-0.05, 0) is 212 Å². The van der Waals surface area contributed by atoms with E-state index >= 15 is 0 Å². The van der Waals surface area contributed by atoms with Crippen LogP contribution in [-0.4, -0.2) is 64.2 Å². The molecule has 0 amide bonds. The summed E-state index contributed by atoms with van der Waals surface area (Å²) in [5.41, 5.74) is 42.4. The van der Waals surface area contributed by atoms with E-state index in [-0.39, 0.29) is 10.8 Å². The Bertz CT molecular complexity index is 8660. The van der Waals surface area contributed by atoms with Crippen molar-refractivity contribution in [3.8, 4) is 180 Å². The van der Waals surface area contributed by atoms with Gasteiger partial charge in [-0.25, -0.2) is 29.9 Å². The molecule has 15 heteroatoms. The van der Waals surface area contributed by atoms with Crippen LogP contribution in [0.2, 0.25) is 10.0 Å². The van der Waals surface area contributed by atoms with Crippen molar-refractivity contribution in [2.45, 2.75) is 10.8 Å². The van der Waals surface area contributed by atoms with E-state index < -0.39 is 14.2 Å². The second kappa shape index (κ2) is 42.0. The first kappa shape index (κ1) is 95.2. The first-order valence-electron chi connectivity index (χ1n) is 49.4. The average molecular weight is 2020 g/mol. The van der Waals surface area contributed by atoms with Gasteiger partial charge in [0, 0.05) is 64.6 Å². The van der Waals surface area contributed by atoms with E-state index in [1.807, 2.05) is 158 Å². The molecule has 4 aliphatic rings. The lowest BCUT2D eigenvalue weighted by Crippen LogP contribution is -2.31. The lowest BCUT2D eigenvalue weighted by molar-refractivity contribution is 0.424. The molecule has 20 aromatic carbocycles. The van der Waals surface area contributed by atoms with Crippen LogP contribution in [0.3, 0.4) is 0 Å². The van der Waals surface area contributed by atoms with Crippen LogP contribution < -0.4 is 10.9 Å². The molecular formula is C134H91B2BrCl2N6O4. The van der Waals surface area contributed by atoms with Crippen LogP contribution in [0, 0.1) is 0 Å².